The fourth-order valence-corrected chi connectivity index (χ4v) is 6.42. The second kappa shape index (κ2) is 40.4. The number of carbonyl (C=O) groups is 19. The minimum Gasteiger partial charge on any atom is -0.481 e. The smallest absolute Gasteiger partial charge is 0.343 e. The largest absolute Gasteiger partial charge is 0.481 e. The number of rotatable bonds is 46. The highest BCUT2D eigenvalue weighted by molar-refractivity contribution is 5.98. The molecule has 0 aromatic carbocycles. The van der Waals surface area contributed by atoms with Crippen LogP contribution in [0.3, 0.4) is 0 Å². The van der Waals surface area contributed by atoms with Crippen LogP contribution < -0.4 is 85.1 Å². The van der Waals surface area contributed by atoms with Crippen molar-refractivity contribution in [2.45, 2.75) is 159 Å². The minimum atomic E-state index is -2.18. The number of nitrogens with one attached hydrogen (secondary N) is 16. The Morgan fingerprint density at radius 2 is 0.619 bits per heavy atom. The number of hydrogen-bond donors (Lipinski definition) is 18. The highest BCUT2D eigenvalue weighted by Gasteiger charge is 2.37. The van der Waals surface area contributed by atoms with Gasteiger partial charge in [0.25, 0.3) is 41.4 Å². The average molecular weight is 1200 g/mol. The molecule has 0 aliphatic rings. The molecule has 0 fully saturated rings. The highest BCUT2D eigenvalue weighted by atomic mass is 16.5. The molecule has 38 nitrogen and oxygen atoms in total. The molecule has 468 valence electrons. The van der Waals surface area contributed by atoms with E-state index in [4.69, 9.17) is 0 Å². The lowest BCUT2D eigenvalue weighted by Crippen LogP contribution is -2.70. The summed E-state index contributed by atoms with van der Waals surface area (Å²) < 4.78 is 4.64. The third-order valence-electron chi connectivity index (χ3n) is 10.6. The average Bonchev–Trinajstić information content (AvgIpc) is 3.55. The van der Waals surface area contributed by atoms with Gasteiger partial charge in [0.2, 0.25) is 5.91 Å². The lowest BCUT2D eigenvalue weighted by molar-refractivity contribution is -0.147. The minimum absolute atomic E-state index is 0.165. The molecule has 0 heterocycles. The predicted octanol–water partition coefficient (Wildman–Crippen LogP) is -11.6. The van der Waals surface area contributed by atoms with Gasteiger partial charge < -0.3 is 95.8 Å². The summed E-state index contributed by atoms with van der Waals surface area (Å²) in [4.78, 5) is 239. The van der Waals surface area contributed by atoms with E-state index in [0.29, 0.717) is 12.6 Å². The normalized spacial score (nSPS) is 16.2. The first-order chi connectivity index (χ1) is 39.6. The van der Waals surface area contributed by atoms with Gasteiger partial charge in [-0.2, -0.15) is 0 Å². The van der Waals surface area contributed by atoms with Crippen LogP contribution in [0, 0.1) is 0 Å². The fraction of sp³-hybridized carbons (Fsp3) is 0.587. The van der Waals surface area contributed by atoms with Gasteiger partial charge in [0.05, 0.1) is 55.9 Å². The Labute approximate surface area is 478 Å². The van der Waals surface area contributed by atoms with Crippen molar-refractivity contribution >= 4 is 115 Å². The number of ether oxygens (including phenoxy) is 1. The molecule has 15 atom stereocenters. The van der Waals surface area contributed by atoms with E-state index >= 15 is 0 Å². The Hall–Kier alpha value is -8.79. The molecule has 0 aromatic rings. The van der Waals surface area contributed by atoms with Crippen LogP contribution in [0.15, 0.2) is 0 Å². The molecule has 0 aliphatic heterocycles. The summed E-state index contributed by atoms with van der Waals surface area (Å²) in [5.74, 6) is -14.6. The van der Waals surface area contributed by atoms with Gasteiger partial charge in [-0.1, -0.05) is 0 Å². The number of aldehydes is 8. The Balaban J connectivity index is 7.45. The molecule has 18 N–H and O–H groups in total. The molecule has 0 bridgehead atoms. The van der Waals surface area contributed by atoms with E-state index in [1.54, 1.807) is 0 Å². The Bertz CT molecular complexity index is 2350. The van der Waals surface area contributed by atoms with E-state index < -0.39 is 189 Å². The van der Waals surface area contributed by atoms with Crippen molar-refractivity contribution in [2.75, 3.05) is 13.7 Å². The summed E-state index contributed by atoms with van der Waals surface area (Å²) in [5.41, 5.74) is 0. The van der Waals surface area contributed by atoms with Crippen LogP contribution in [0.4, 0.5) is 0 Å². The number of carboxylic acids is 2. The molecule has 0 aliphatic carbocycles. The second-order valence-corrected chi connectivity index (χ2v) is 18.0. The van der Waals surface area contributed by atoms with Crippen LogP contribution in [0.2, 0.25) is 0 Å². The Kier molecular flexibility index (Phi) is 36.2. The maximum Gasteiger partial charge on any atom is 0.343 e. The first-order valence-electron chi connectivity index (χ1n) is 25.1. The zero-order valence-corrected chi connectivity index (χ0v) is 46.4. The lowest BCUT2D eigenvalue weighted by atomic mass is 10.1. The Morgan fingerprint density at radius 1 is 0.369 bits per heavy atom. The van der Waals surface area contributed by atoms with Crippen molar-refractivity contribution < 1.29 is 106 Å². The van der Waals surface area contributed by atoms with Crippen LogP contribution in [0.25, 0.3) is 0 Å². The van der Waals surface area contributed by atoms with E-state index in [-0.39, 0.29) is 37.7 Å². The van der Waals surface area contributed by atoms with Gasteiger partial charge in [-0.15, -0.1) is 0 Å². The van der Waals surface area contributed by atoms with Crippen LogP contribution in [0.1, 0.15) is 67.2 Å². The summed E-state index contributed by atoms with van der Waals surface area (Å²) in [5, 5.41) is 54.5. The molecule has 0 saturated carbocycles. The molecule has 0 unspecified atom stereocenters. The summed E-state index contributed by atoms with van der Waals surface area (Å²) in [6.45, 7) is 6.42. The monoisotopic (exact) mass is 1200 g/mol. The van der Waals surface area contributed by atoms with Crippen molar-refractivity contribution in [2.24, 2.45) is 0 Å². The number of hydrogen-bond acceptors (Lipinski definition) is 28. The third kappa shape index (κ3) is 29.8. The maximum absolute atomic E-state index is 14.2. The summed E-state index contributed by atoms with van der Waals surface area (Å²) in [6.07, 6.45) is -16.8. The first-order valence-corrected chi connectivity index (χ1v) is 25.1. The van der Waals surface area contributed by atoms with Crippen LogP contribution in [-0.2, 0) is 95.8 Å². The number of amides is 8. The van der Waals surface area contributed by atoms with Gasteiger partial charge in [0, 0.05) is 19.8 Å². The van der Waals surface area contributed by atoms with Crippen molar-refractivity contribution in [1.82, 2.24) is 85.1 Å². The number of esters is 1. The van der Waals surface area contributed by atoms with Gasteiger partial charge in [0.15, 0.2) is 49.3 Å². The standard InChI is InChI=1S/C46H72N16O22/c1-21(14-64)48-32(57-42(79)34(50-23(3)16-66)59-44(81)36(54-27(19-69)8-10-29(72)73)60-39(76)31(47-12-13-63)53-26(6)71)40(77)56-33(49-22(2)15-65)41(78)58-35(51-24(4)17-67)43(80)61-37(55-28(20-70)9-11-30(74)75)45(82)62-38(46(83)84-7)52-25(5)18-68/h13-25,27-28,31-38,47-52,54-55H,8-12H2,1-7H3,(H,53,71)(H,56,77)(H,57,79)(H,58,78)(H,59,81)(H,60,76)(H,61,80)(H,62,82)(H,72,73)(H,74,75)/t21-,22-,23-,24-,25-,27+,28+,31+,32+,33+,34+,35+,36+,37+,38+/m0/s1. The van der Waals surface area contributed by atoms with Crippen LogP contribution in [0.5, 0.6) is 0 Å². The van der Waals surface area contributed by atoms with Gasteiger partial charge in [0.1, 0.15) is 50.3 Å². The quantitative estimate of drug-likeness (QED) is 0.0153. The number of carbonyl (C=O) groups excluding carboxylic acids is 17. The van der Waals surface area contributed by atoms with Gasteiger partial charge >= 0.3 is 17.9 Å². The van der Waals surface area contributed by atoms with Crippen LogP contribution in [-0.4, -0.2) is 231 Å². The maximum atomic E-state index is 14.2. The third-order valence-corrected chi connectivity index (χ3v) is 10.6. The molecule has 38 heteroatoms. The van der Waals surface area contributed by atoms with Crippen LogP contribution >= 0.6 is 0 Å². The van der Waals surface area contributed by atoms with Crippen molar-refractivity contribution in [1.29, 1.82) is 0 Å². The van der Waals surface area contributed by atoms with E-state index in [1.165, 1.54) is 34.6 Å². The fourth-order valence-electron chi connectivity index (χ4n) is 6.42. The summed E-state index contributed by atoms with van der Waals surface area (Å²) >= 11 is 0. The molecular weight excluding hydrogens is 1130 g/mol. The second-order valence-electron chi connectivity index (χ2n) is 18.0. The van der Waals surface area contributed by atoms with Gasteiger partial charge in [-0.05, 0) is 47.5 Å². The summed E-state index contributed by atoms with van der Waals surface area (Å²) in [7, 11) is 0.915. The van der Waals surface area contributed by atoms with Crippen molar-refractivity contribution in [3.63, 3.8) is 0 Å². The molecule has 8 amide bonds. The van der Waals surface area contributed by atoms with Gasteiger partial charge in [-0.3, -0.25) is 90.5 Å². The van der Waals surface area contributed by atoms with E-state index in [0.717, 1.165) is 14.0 Å². The lowest BCUT2D eigenvalue weighted by Gasteiger charge is -2.31. The summed E-state index contributed by atoms with van der Waals surface area (Å²) in [6, 6.07) is -9.55. The predicted molar refractivity (Wildman–Crippen MR) is 280 cm³/mol. The first kappa shape index (κ1) is 75.2. The van der Waals surface area contributed by atoms with E-state index in [2.05, 4.69) is 89.8 Å². The van der Waals surface area contributed by atoms with Crippen molar-refractivity contribution in [3.8, 4) is 0 Å². The number of aliphatic carboxylic acids is 2. The topological polar surface area (TPSA) is 566 Å². The molecule has 0 rings (SSSR count). The SMILES string of the molecule is COC(=O)[C@@H](NC(=O)[C@@H](NC(=O)[C@@H](NC(=O)[C@@H](NC(=O)[C@@H](NC(=O)[C@@H](NC(=O)[C@@H](NC(=O)[C@H](NCC=O)NC(C)=O)N[C@@H](C=O)CCC(=O)O)N[C@@H](C)C=O)N[C@@H](C)C=O)N[C@@H](C)C=O)N[C@@H](C)C=O)N[C@@H](C=O)CCC(=O)O)N[C@@H](C)C=O. The van der Waals surface area contributed by atoms with Crippen molar-refractivity contribution in [3.05, 3.63) is 0 Å². The number of carboxylic acid groups (broad SMARTS) is 2. The molecule has 0 aromatic heterocycles. The van der Waals surface area contributed by atoms with E-state index in [1.807, 2.05) is 0 Å². The van der Waals surface area contributed by atoms with Gasteiger partial charge in [-0.25, -0.2) is 4.79 Å². The zero-order chi connectivity index (χ0) is 64.2. The molecule has 0 saturated heterocycles. The highest BCUT2D eigenvalue weighted by Crippen LogP contribution is 2.02. The zero-order valence-electron chi connectivity index (χ0n) is 46.4. The molecule has 84 heavy (non-hydrogen) atoms. The Morgan fingerprint density at radius 3 is 0.845 bits per heavy atom. The molecular formula is C46H72N16O22. The molecule has 0 spiro atoms. The van der Waals surface area contributed by atoms with E-state index in [9.17, 15) is 101 Å². The molecule has 0 radical (unpaired) electrons. The number of methoxy groups -OCH3 is 1.